The predicted octanol–water partition coefficient (Wildman–Crippen LogP) is 2.50. The Kier molecular flexibility index (Phi) is 4.41. The van der Waals surface area contributed by atoms with Crippen LogP contribution in [0, 0.1) is 25.7 Å². The fourth-order valence-electron chi connectivity index (χ4n) is 3.85. The Balaban J connectivity index is 1.51. The van der Waals surface area contributed by atoms with Crippen molar-refractivity contribution in [3.05, 3.63) is 17.0 Å². The van der Waals surface area contributed by atoms with E-state index < -0.39 is 0 Å². The van der Waals surface area contributed by atoms with E-state index in [-0.39, 0.29) is 0 Å². The summed E-state index contributed by atoms with van der Waals surface area (Å²) in [6.45, 7) is 10.0. The van der Waals surface area contributed by atoms with Crippen molar-refractivity contribution in [3.63, 3.8) is 0 Å². The lowest BCUT2D eigenvalue weighted by atomic mass is 9.79. The average Bonchev–Trinajstić information content (AvgIpc) is 2.81. The normalized spacial score (nSPS) is 23.3. The van der Waals surface area contributed by atoms with Crippen LogP contribution in [-0.2, 0) is 6.54 Å². The van der Waals surface area contributed by atoms with E-state index >= 15 is 0 Å². The number of rotatable bonds is 3. The molecule has 3 heterocycles. The third kappa shape index (κ3) is 3.07. The van der Waals surface area contributed by atoms with Crippen LogP contribution in [0.2, 0.25) is 0 Å². The highest BCUT2D eigenvalue weighted by atomic mass is 16.5. The Labute approximate surface area is 121 Å². The number of aryl methyl sites for hydroxylation is 2. The fraction of sp³-hybridized carbons (Fsp3) is 0.812. The molecule has 2 saturated heterocycles. The number of hydrogen-bond donors (Lipinski definition) is 1. The summed E-state index contributed by atoms with van der Waals surface area (Å²) in [6, 6.07) is 0. The largest absolute Gasteiger partial charge is 0.361 e. The van der Waals surface area contributed by atoms with Crippen LogP contribution >= 0.6 is 0 Å². The quantitative estimate of drug-likeness (QED) is 0.921. The summed E-state index contributed by atoms with van der Waals surface area (Å²) in [5, 5.41) is 7.54. The summed E-state index contributed by atoms with van der Waals surface area (Å²) in [5.74, 6) is 2.92. The van der Waals surface area contributed by atoms with Crippen molar-refractivity contribution in [3.8, 4) is 0 Å². The lowest BCUT2D eigenvalue weighted by Gasteiger charge is -2.37. The second-order valence-corrected chi connectivity index (χ2v) is 6.50. The van der Waals surface area contributed by atoms with Gasteiger partial charge < -0.3 is 9.84 Å². The second kappa shape index (κ2) is 6.27. The summed E-state index contributed by atoms with van der Waals surface area (Å²) < 4.78 is 5.27. The number of aromatic nitrogens is 1. The lowest BCUT2D eigenvalue weighted by molar-refractivity contribution is 0.125. The Bertz CT molecular complexity index is 409. The van der Waals surface area contributed by atoms with E-state index in [0.717, 1.165) is 29.8 Å². The molecule has 4 heteroatoms. The molecule has 0 aromatic carbocycles. The van der Waals surface area contributed by atoms with Crippen molar-refractivity contribution in [2.75, 3.05) is 26.2 Å². The van der Waals surface area contributed by atoms with Crippen molar-refractivity contribution in [2.24, 2.45) is 11.8 Å². The first kappa shape index (κ1) is 14.1. The van der Waals surface area contributed by atoms with E-state index in [2.05, 4.69) is 15.4 Å². The molecule has 20 heavy (non-hydrogen) atoms. The zero-order valence-electron chi connectivity index (χ0n) is 12.8. The molecule has 3 rings (SSSR count). The minimum absolute atomic E-state index is 0.956. The van der Waals surface area contributed by atoms with Gasteiger partial charge in [0.25, 0.3) is 0 Å². The van der Waals surface area contributed by atoms with Crippen molar-refractivity contribution in [1.82, 2.24) is 15.4 Å². The molecule has 1 aromatic heterocycles. The fourth-order valence-corrected chi connectivity index (χ4v) is 3.85. The Morgan fingerprint density at radius 3 is 2.35 bits per heavy atom. The van der Waals surface area contributed by atoms with Gasteiger partial charge in [0, 0.05) is 12.1 Å². The zero-order chi connectivity index (χ0) is 13.9. The third-order valence-corrected chi connectivity index (χ3v) is 5.25. The zero-order valence-corrected chi connectivity index (χ0v) is 12.8. The van der Waals surface area contributed by atoms with Gasteiger partial charge in [0.2, 0.25) is 0 Å². The van der Waals surface area contributed by atoms with Gasteiger partial charge in [-0.3, -0.25) is 4.90 Å². The Morgan fingerprint density at radius 2 is 1.75 bits per heavy atom. The maximum atomic E-state index is 5.27. The van der Waals surface area contributed by atoms with Gasteiger partial charge >= 0.3 is 0 Å². The predicted molar refractivity (Wildman–Crippen MR) is 79.6 cm³/mol. The van der Waals surface area contributed by atoms with Crippen molar-refractivity contribution >= 4 is 0 Å². The minimum atomic E-state index is 0.956. The molecule has 1 aromatic rings. The van der Waals surface area contributed by atoms with Crippen LogP contribution in [0.25, 0.3) is 0 Å². The monoisotopic (exact) mass is 277 g/mol. The topological polar surface area (TPSA) is 41.3 Å². The molecule has 2 aliphatic rings. The van der Waals surface area contributed by atoms with E-state index in [1.165, 1.54) is 57.4 Å². The van der Waals surface area contributed by atoms with E-state index in [9.17, 15) is 0 Å². The van der Waals surface area contributed by atoms with E-state index in [4.69, 9.17) is 4.52 Å². The van der Waals surface area contributed by atoms with Gasteiger partial charge in [-0.15, -0.1) is 0 Å². The van der Waals surface area contributed by atoms with E-state index in [0.29, 0.717) is 0 Å². The van der Waals surface area contributed by atoms with Gasteiger partial charge in [0.1, 0.15) is 5.76 Å². The molecule has 0 saturated carbocycles. The van der Waals surface area contributed by atoms with Gasteiger partial charge in [0.15, 0.2) is 0 Å². The van der Waals surface area contributed by atoms with Crippen LogP contribution in [0.5, 0.6) is 0 Å². The smallest absolute Gasteiger partial charge is 0.138 e. The highest BCUT2D eigenvalue weighted by Crippen LogP contribution is 2.31. The first-order valence-corrected chi connectivity index (χ1v) is 8.09. The first-order chi connectivity index (χ1) is 9.74. The van der Waals surface area contributed by atoms with E-state index in [1.54, 1.807) is 0 Å². The van der Waals surface area contributed by atoms with Gasteiger partial charge in [-0.2, -0.15) is 0 Å². The molecule has 2 fully saturated rings. The van der Waals surface area contributed by atoms with Crippen molar-refractivity contribution in [1.29, 1.82) is 0 Å². The summed E-state index contributed by atoms with van der Waals surface area (Å²) in [4.78, 5) is 2.57. The van der Waals surface area contributed by atoms with Crippen LogP contribution in [0.1, 0.15) is 42.7 Å². The Hall–Kier alpha value is -0.870. The molecule has 0 bridgehead atoms. The molecule has 1 N–H and O–H groups in total. The summed E-state index contributed by atoms with van der Waals surface area (Å²) >= 11 is 0. The summed E-state index contributed by atoms with van der Waals surface area (Å²) in [7, 11) is 0. The number of hydrogen-bond acceptors (Lipinski definition) is 4. The third-order valence-electron chi connectivity index (χ3n) is 5.25. The van der Waals surface area contributed by atoms with Crippen LogP contribution < -0.4 is 5.32 Å². The molecule has 0 unspecified atom stereocenters. The number of piperidine rings is 2. The van der Waals surface area contributed by atoms with Gasteiger partial charge in [-0.25, -0.2) is 0 Å². The van der Waals surface area contributed by atoms with E-state index in [1.807, 2.05) is 13.8 Å². The van der Waals surface area contributed by atoms with Gasteiger partial charge in [0.05, 0.1) is 5.69 Å². The molecule has 0 amide bonds. The molecular formula is C16H27N3O. The molecule has 2 aliphatic heterocycles. The second-order valence-electron chi connectivity index (χ2n) is 6.50. The first-order valence-electron chi connectivity index (χ1n) is 8.09. The van der Waals surface area contributed by atoms with Gasteiger partial charge in [-0.05, 0) is 77.5 Å². The number of nitrogens with one attached hydrogen (secondary N) is 1. The maximum Gasteiger partial charge on any atom is 0.138 e. The lowest BCUT2D eigenvalue weighted by Crippen LogP contribution is -2.39. The van der Waals surface area contributed by atoms with Crippen LogP contribution in [0.3, 0.4) is 0 Å². The standard InChI is InChI=1S/C16H27N3O/c1-12-16(13(2)20-18-12)11-19-9-5-15(6-10-19)14-3-7-17-8-4-14/h14-15,17H,3-11H2,1-2H3. The highest BCUT2D eigenvalue weighted by molar-refractivity contribution is 5.20. The summed E-state index contributed by atoms with van der Waals surface area (Å²) in [6.07, 6.45) is 5.51. The molecule has 0 aliphatic carbocycles. The van der Waals surface area contributed by atoms with Crippen molar-refractivity contribution < 1.29 is 4.52 Å². The highest BCUT2D eigenvalue weighted by Gasteiger charge is 2.28. The molecule has 0 radical (unpaired) electrons. The number of likely N-dealkylation sites (tertiary alicyclic amines) is 1. The molecular weight excluding hydrogens is 250 g/mol. The van der Waals surface area contributed by atoms with Gasteiger partial charge in [-0.1, -0.05) is 5.16 Å². The molecule has 4 nitrogen and oxygen atoms in total. The van der Waals surface area contributed by atoms with Crippen LogP contribution in [0.15, 0.2) is 4.52 Å². The molecule has 0 spiro atoms. The minimum Gasteiger partial charge on any atom is -0.361 e. The van der Waals surface area contributed by atoms with Crippen LogP contribution in [-0.4, -0.2) is 36.2 Å². The average molecular weight is 277 g/mol. The van der Waals surface area contributed by atoms with Crippen molar-refractivity contribution in [2.45, 2.75) is 46.1 Å². The summed E-state index contributed by atoms with van der Waals surface area (Å²) in [5.41, 5.74) is 2.35. The maximum absolute atomic E-state index is 5.27. The van der Waals surface area contributed by atoms with Crippen LogP contribution in [0.4, 0.5) is 0 Å². The molecule has 112 valence electrons. The number of nitrogens with zero attached hydrogens (tertiary/aromatic N) is 2. The SMILES string of the molecule is Cc1noc(C)c1CN1CCC(C2CCNCC2)CC1. The molecule has 0 atom stereocenters. The Morgan fingerprint density at radius 1 is 1.10 bits per heavy atom.